The van der Waals surface area contributed by atoms with Crippen LogP contribution in [0.1, 0.15) is 5.56 Å². The third kappa shape index (κ3) is 2.32. The zero-order valence-electron chi connectivity index (χ0n) is 9.86. The third-order valence-electron chi connectivity index (χ3n) is 2.28. The number of hydrogen-bond acceptors (Lipinski definition) is 6. The zero-order valence-corrected chi connectivity index (χ0v) is 12.3. The van der Waals surface area contributed by atoms with Crippen molar-refractivity contribution in [3.8, 4) is 6.07 Å². The molecular weight excluding hydrogens is 338 g/mol. The fraction of sp³-hybridized carbons (Fsp3) is 0.250. The Hall–Kier alpha value is -1.93. The van der Waals surface area contributed by atoms with Gasteiger partial charge in [0.05, 0.1) is 6.20 Å². The lowest BCUT2D eigenvalue weighted by Crippen LogP contribution is -2.19. The highest BCUT2D eigenvalue weighted by molar-refractivity contribution is 9.10. The highest BCUT2D eigenvalue weighted by atomic mass is 79.9. The minimum atomic E-state index is -3.93. The van der Waals surface area contributed by atoms with Crippen molar-refractivity contribution in [3.05, 3.63) is 16.4 Å². The first-order chi connectivity index (χ1) is 8.86. The van der Waals surface area contributed by atoms with Gasteiger partial charge in [-0.3, -0.25) is 9.40 Å². The Balaban J connectivity index is 2.49. The first-order valence-electron chi connectivity index (χ1n) is 4.87. The Morgan fingerprint density at radius 1 is 1.42 bits per heavy atom. The first kappa shape index (κ1) is 13.5. The Morgan fingerprint density at radius 2 is 2.11 bits per heavy atom. The van der Waals surface area contributed by atoms with Crippen LogP contribution in [0.5, 0.6) is 0 Å². The van der Waals surface area contributed by atoms with E-state index in [9.17, 15) is 8.42 Å². The van der Waals surface area contributed by atoms with Crippen LogP contribution in [0, 0.1) is 11.3 Å². The van der Waals surface area contributed by atoms with Gasteiger partial charge in [0.25, 0.3) is 10.0 Å². The molecule has 0 fully saturated rings. The summed E-state index contributed by atoms with van der Waals surface area (Å²) in [4.78, 5) is 0. The largest absolute Gasteiger partial charge is 0.283 e. The van der Waals surface area contributed by atoms with Gasteiger partial charge in [-0.05, 0) is 15.9 Å². The summed E-state index contributed by atoms with van der Waals surface area (Å²) in [7, 11) is -0.959. The van der Waals surface area contributed by atoms with Crippen molar-refractivity contribution in [2.45, 2.75) is 5.03 Å². The van der Waals surface area contributed by atoms with E-state index in [0.717, 1.165) is 4.68 Å². The van der Waals surface area contributed by atoms with Crippen LogP contribution in [-0.2, 0) is 24.1 Å². The lowest BCUT2D eigenvalue weighted by atomic mass is 10.4. The van der Waals surface area contributed by atoms with Gasteiger partial charge in [0, 0.05) is 14.1 Å². The molecule has 0 saturated carbocycles. The highest BCUT2D eigenvalue weighted by Crippen LogP contribution is 2.22. The summed E-state index contributed by atoms with van der Waals surface area (Å²) in [6.45, 7) is 0. The van der Waals surface area contributed by atoms with Gasteiger partial charge < -0.3 is 0 Å². The molecule has 0 saturated heterocycles. The number of aryl methyl sites for hydroxylation is 2. The number of nitriles is 1. The van der Waals surface area contributed by atoms with Gasteiger partial charge >= 0.3 is 0 Å². The number of hydrogen-bond donors (Lipinski definition) is 1. The minimum Gasteiger partial charge on any atom is -0.261 e. The molecule has 100 valence electrons. The smallest absolute Gasteiger partial charge is 0.261 e. The Labute approximate surface area is 117 Å². The molecule has 0 aliphatic carbocycles. The number of nitrogens with zero attached hydrogens (tertiary/aromatic N) is 6. The second kappa shape index (κ2) is 4.63. The molecule has 11 heteroatoms. The van der Waals surface area contributed by atoms with E-state index in [1.54, 1.807) is 0 Å². The van der Waals surface area contributed by atoms with E-state index in [0.29, 0.717) is 0 Å². The van der Waals surface area contributed by atoms with E-state index in [1.165, 1.54) is 25.0 Å². The first-order valence-corrected chi connectivity index (χ1v) is 7.14. The molecular formula is C8H8BrN7O2S. The maximum atomic E-state index is 12.2. The fourth-order valence-electron chi connectivity index (χ4n) is 1.42. The molecule has 0 radical (unpaired) electrons. The van der Waals surface area contributed by atoms with Crippen molar-refractivity contribution < 1.29 is 8.42 Å². The van der Waals surface area contributed by atoms with E-state index >= 15 is 0 Å². The summed E-state index contributed by atoms with van der Waals surface area (Å²) in [5.41, 5.74) is 0.123. The molecule has 9 nitrogen and oxygen atoms in total. The van der Waals surface area contributed by atoms with Gasteiger partial charge in [0.2, 0.25) is 5.03 Å². The van der Waals surface area contributed by atoms with Crippen molar-refractivity contribution in [2.75, 3.05) is 4.72 Å². The summed E-state index contributed by atoms with van der Waals surface area (Å²) in [6.07, 6.45) is 1.27. The average Bonchev–Trinajstić information content (AvgIpc) is 2.84. The summed E-state index contributed by atoms with van der Waals surface area (Å²) in [6, 6.07) is 1.85. The molecule has 2 rings (SSSR count). The lowest BCUT2D eigenvalue weighted by molar-refractivity contribution is 0.578. The summed E-state index contributed by atoms with van der Waals surface area (Å²) < 4.78 is 29.2. The molecule has 0 amide bonds. The van der Waals surface area contributed by atoms with E-state index in [-0.39, 0.29) is 21.0 Å². The highest BCUT2D eigenvalue weighted by Gasteiger charge is 2.26. The molecule has 2 heterocycles. The van der Waals surface area contributed by atoms with Crippen LogP contribution in [0.15, 0.2) is 15.8 Å². The summed E-state index contributed by atoms with van der Waals surface area (Å²) >= 11 is 3.01. The topological polar surface area (TPSA) is 118 Å². The number of sulfonamides is 1. The Kier molecular flexibility index (Phi) is 3.29. The number of anilines is 1. The maximum absolute atomic E-state index is 12.2. The van der Waals surface area contributed by atoms with Gasteiger partial charge in [-0.15, -0.1) is 5.10 Å². The van der Waals surface area contributed by atoms with E-state index in [2.05, 4.69) is 36.1 Å². The van der Waals surface area contributed by atoms with Crippen molar-refractivity contribution in [3.63, 3.8) is 0 Å². The molecule has 0 unspecified atom stereocenters. The molecule has 0 spiro atoms. The molecule has 2 aromatic rings. The molecule has 0 aliphatic heterocycles. The van der Waals surface area contributed by atoms with E-state index < -0.39 is 10.0 Å². The monoisotopic (exact) mass is 345 g/mol. The van der Waals surface area contributed by atoms with E-state index in [4.69, 9.17) is 5.26 Å². The van der Waals surface area contributed by atoms with Crippen LogP contribution in [0.25, 0.3) is 0 Å². The van der Waals surface area contributed by atoms with Gasteiger partial charge in [0.1, 0.15) is 11.6 Å². The lowest BCUT2D eigenvalue weighted by Gasteiger charge is -2.08. The quantitative estimate of drug-likeness (QED) is 0.835. The third-order valence-corrected chi connectivity index (χ3v) is 4.51. The number of aromatic nitrogens is 5. The second-order valence-electron chi connectivity index (χ2n) is 3.56. The summed E-state index contributed by atoms with van der Waals surface area (Å²) in [5, 5.41) is 19.8. The van der Waals surface area contributed by atoms with Gasteiger partial charge in [-0.1, -0.05) is 5.21 Å². The predicted octanol–water partition coefficient (Wildman–Crippen LogP) is -0.0164. The number of rotatable bonds is 3. The normalized spacial score (nSPS) is 11.3. The molecule has 19 heavy (non-hydrogen) atoms. The molecule has 0 bridgehead atoms. The predicted molar refractivity (Wildman–Crippen MR) is 67.4 cm³/mol. The Morgan fingerprint density at radius 3 is 2.63 bits per heavy atom. The van der Waals surface area contributed by atoms with Crippen molar-refractivity contribution in [1.29, 1.82) is 5.26 Å². The Bertz CT molecular complexity index is 750. The second-order valence-corrected chi connectivity index (χ2v) is 5.91. The van der Waals surface area contributed by atoms with Gasteiger partial charge in [-0.25, -0.2) is 4.68 Å². The van der Waals surface area contributed by atoms with Crippen LogP contribution in [-0.4, -0.2) is 33.2 Å². The fourth-order valence-corrected chi connectivity index (χ4v) is 3.63. The molecule has 0 aromatic carbocycles. The van der Waals surface area contributed by atoms with Crippen LogP contribution < -0.4 is 4.72 Å². The van der Waals surface area contributed by atoms with Crippen LogP contribution >= 0.6 is 15.9 Å². The van der Waals surface area contributed by atoms with Crippen LogP contribution in [0.3, 0.4) is 0 Å². The molecule has 1 N–H and O–H groups in total. The van der Waals surface area contributed by atoms with Gasteiger partial charge in [0.15, 0.2) is 10.4 Å². The standard InChI is InChI=1S/C8H8BrN7O2S/c1-15-7(5(3-10)4-11-15)13-19(17,18)8-6(9)12-14-16(8)2/h4,13H,1-2H3. The van der Waals surface area contributed by atoms with Crippen LogP contribution in [0.4, 0.5) is 5.82 Å². The van der Waals surface area contributed by atoms with Crippen molar-refractivity contribution in [1.82, 2.24) is 24.8 Å². The molecule has 0 atom stereocenters. The zero-order chi connectivity index (χ0) is 14.2. The number of nitrogens with one attached hydrogen (secondary N) is 1. The SMILES string of the molecule is Cn1ncc(C#N)c1NS(=O)(=O)c1c(Br)nnn1C. The van der Waals surface area contributed by atoms with Gasteiger partial charge in [-0.2, -0.15) is 18.8 Å². The molecule has 2 aromatic heterocycles. The maximum Gasteiger partial charge on any atom is 0.283 e. The minimum absolute atomic E-state index is 0.0793. The van der Waals surface area contributed by atoms with Crippen molar-refractivity contribution in [2.24, 2.45) is 14.1 Å². The average molecular weight is 346 g/mol. The van der Waals surface area contributed by atoms with Crippen LogP contribution in [0.2, 0.25) is 0 Å². The van der Waals surface area contributed by atoms with E-state index in [1.807, 2.05) is 6.07 Å². The summed E-state index contributed by atoms with van der Waals surface area (Å²) in [5.74, 6) is 0.0793. The van der Waals surface area contributed by atoms with Crippen molar-refractivity contribution >= 4 is 31.8 Å². The molecule has 0 aliphatic rings. The number of halogens is 1.